The molecule has 150 valence electrons. The average molecular weight is 402 g/mol. The van der Waals surface area contributed by atoms with Crippen LogP contribution in [0.2, 0.25) is 0 Å². The van der Waals surface area contributed by atoms with Gasteiger partial charge in [-0.3, -0.25) is 14.5 Å². The SMILES string of the molecule is C=N/C=C(\C=C(/C)F)NC(=O)c1cnc2[nH]cc(-c3ccc4nn(C)cc4c3)c2c1. The van der Waals surface area contributed by atoms with Crippen molar-refractivity contribution in [3.05, 3.63) is 72.2 Å². The molecule has 1 amide bonds. The van der Waals surface area contributed by atoms with Crippen LogP contribution in [0.15, 0.2) is 71.6 Å². The van der Waals surface area contributed by atoms with E-state index in [1.54, 1.807) is 10.7 Å². The molecule has 0 atom stereocenters. The van der Waals surface area contributed by atoms with Crippen molar-refractivity contribution in [2.75, 3.05) is 0 Å². The second kappa shape index (κ2) is 7.75. The second-order valence-corrected chi connectivity index (χ2v) is 6.85. The number of aryl methyl sites for hydroxylation is 1. The molecule has 3 aromatic heterocycles. The lowest BCUT2D eigenvalue weighted by molar-refractivity contribution is 0.0967. The van der Waals surface area contributed by atoms with E-state index in [4.69, 9.17) is 0 Å². The number of nitrogens with one attached hydrogen (secondary N) is 2. The molecule has 1 aromatic carbocycles. The van der Waals surface area contributed by atoms with Gasteiger partial charge in [-0.1, -0.05) is 6.07 Å². The maximum Gasteiger partial charge on any atom is 0.257 e. The van der Waals surface area contributed by atoms with Crippen LogP contribution in [-0.2, 0) is 7.05 Å². The smallest absolute Gasteiger partial charge is 0.257 e. The number of aliphatic imine (C=N–C) groups is 1. The Balaban J connectivity index is 1.71. The van der Waals surface area contributed by atoms with Gasteiger partial charge in [0.1, 0.15) is 5.65 Å². The van der Waals surface area contributed by atoms with Crippen molar-refractivity contribution in [3.63, 3.8) is 0 Å². The molecule has 0 radical (unpaired) electrons. The summed E-state index contributed by atoms with van der Waals surface area (Å²) in [6.07, 6.45) is 7.72. The number of H-pyrrole nitrogens is 1. The molecule has 4 rings (SSSR count). The molecule has 0 aliphatic heterocycles. The minimum atomic E-state index is -0.461. The summed E-state index contributed by atoms with van der Waals surface area (Å²) >= 11 is 0. The Morgan fingerprint density at radius 3 is 2.97 bits per heavy atom. The fourth-order valence-electron chi connectivity index (χ4n) is 3.30. The van der Waals surface area contributed by atoms with Gasteiger partial charge >= 0.3 is 0 Å². The third-order valence-electron chi connectivity index (χ3n) is 4.57. The molecule has 0 bridgehead atoms. The lowest BCUT2D eigenvalue weighted by Gasteiger charge is -2.06. The van der Waals surface area contributed by atoms with E-state index in [0.29, 0.717) is 11.2 Å². The van der Waals surface area contributed by atoms with Crippen LogP contribution in [0.25, 0.3) is 33.1 Å². The molecule has 7 nitrogen and oxygen atoms in total. The van der Waals surface area contributed by atoms with E-state index in [1.807, 2.05) is 37.6 Å². The van der Waals surface area contributed by atoms with Crippen LogP contribution in [0, 0.1) is 0 Å². The Hall–Kier alpha value is -4.07. The van der Waals surface area contributed by atoms with Crippen molar-refractivity contribution < 1.29 is 9.18 Å². The number of hydrogen-bond acceptors (Lipinski definition) is 4. The number of carbonyl (C=O) groups excluding carboxylic acids is 1. The normalized spacial score (nSPS) is 12.5. The largest absolute Gasteiger partial charge is 0.346 e. The van der Waals surface area contributed by atoms with E-state index in [1.165, 1.54) is 25.4 Å². The van der Waals surface area contributed by atoms with Crippen molar-refractivity contribution in [2.45, 2.75) is 6.92 Å². The molecule has 30 heavy (non-hydrogen) atoms. The van der Waals surface area contributed by atoms with Crippen molar-refractivity contribution in [1.82, 2.24) is 25.1 Å². The number of halogens is 1. The summed E-state index contributed by atoms with van der Waals surface area (Å²) in [6.45, 7) is 4.62. The third-order valence-corrected chi connectivity index (χ3v) is 4.57. The topological polar surface area (TPSA) is 88.0 Å². The molecule has 0 saturated carbocycles. The number of pyridine rings is 1. The average Bonchev–Trinajstić information content (AvgIpc) is 3.28. The zero-order chi connectivity index (χ0) is 21.3. The van der Waals surface area contributed by atoms with Crippen molar-refractivity contribution in [1.29, 1.82) is 0 Å². The summed E-state index contributed by atoms with van der Waals surface area (Å²) in [5.74, 6) is -0.885. The molecular formula is C22H19FN6O. The zero-order valence-corrected chi connectivity index (χ0v) is 16.5. The summed E-state index contributed by atoms with van der Waals surface area (Å²) in [5, 5.41) is 8.83. The predicted molar refractivity (Wildman–Crippen MR) is 116 cm³/mol. The fraction of sp³-hybridized carbons (Fsp3) is 0.0909. The number of fused-ring (bicyclic) bond motifs is 2. The first-order valence-corrected chi connectivity index (χ1v) is 9.16. The number of nitrogens with zero attached hydrogens (tertiary/aromatic N) is 4. The highest BCUT2D eigenvalue weighted by Crippen LogP contribution is 2.30. The van der Waals surface area contributed by atoms with E-state index in [0.717, 1.165) is 27.4 Å². The number of rotatable bonds is 5. The quantitative estimate of drug-likeness (QED) is 0.386. The predicted octanol–water partition coefficient (Wildman–Crippen LogP) is 4.26. The van der Waals surface area contributed by atoms with Gasteiger partial charge < -0.3 is 10.3 Å². The standard InChI is InChI=1S/C22H19FN6O/c1-13(23)6-17(10-24-2)27-22(30)15-8-18-19(11-26-21(18)25-9-15)14-4-5-20-16(7-14)12-29(3)28-20/h4-12H,2H2,1,3H3,(H,25,26)(H,27,30)/b13-6+,17-10+. The van der Waals surface area contributed by atoms with Gasteiger partial charge in [0.2, 0.25) is 0 Å². The van der Waals surface area contributed by atoms with E-state index in [9.17, 15) is 9.18 Å². The number of amides is 1. The lowest BCUT2D eigenvalue weighted by Crippen LogP contribution is -2.22. The summed E-state index contributed by atoms with van der Waals surface area (Å²) in [5.41, 5.74) is 4.01. The summed E-state index contributed by atoms with van der Waals surface area (Å²) in [6, 6.07) is 7.74. The minimum absolute atomic E-state index is 0.200. The number of carbonyl (C=O) groups is 1. The Labute approximate surface area is 171 Å². The van der Waals surface area contributed by atoms with E-state index in [-0.39, 0.29) is 5.70 Å². The summed E-state index contributed by atoms with van der Waals surface area (Å²) in [4.78, 5) is 23.8. The zero-order valence-electron chi connectivity index (χ0n) is 16.5. The maximum atomic E-state index is 13.2. The summed E-state index contributed by atoms with van der Waals surface area (Å²) < 4.78 is 15.0. The number of hydrogen-bond donors (Lipinski definition) is 2. The lowest BCUT2D eigenvalue weighted by atomic mass is 10.0. The van der Waals surface area contributed by atoms with Crippen LogP contribution in [0.5, 0.6) is 0 Å². The molecule has 8 heteroatoms. The first-order chi connectivity index (χ1) is 14.4. The molecular weight excluding hydrogens is 383 g/mol. The molecule has 0 aliphatic rings. The van der Waals surface area contributed by atoms with Crippen LogP contribution in [0.4, 0.5) is 4.39 Å². The van der Waals surface area contributed by atoms with Gasteiger partial charge in [-0.2, -0.15) is 5.10 Å². The van der Waals surface area contributed by atoms with Crippen LogP contribution in [0.3, 0.4) is 0 Å². The highest BCUT2D eigenvalue weighted by atomic mass is 19.1. The highest BCUT2D eigenvalue weighted by Gasteiger charge is 2.13. The first kappa shape index (κ1) is 19.3. The van der Waals surface area contributed by atoms with Gasteiger partial charge in [-0.25, -0.2) is 9.37 Å². The number of aromatic nitrogens is 4. The van der Waals surface area contributed by atoms with E-state index < -0.39 is 11.7 Å². The molecule has 0 spiro atoms. The van der Waals surface area contributed by atoms with Crippen molar-refractivity contribution in [3.8, 4) is 11.1 Å². The van der Waals surface area contributed by atoms with Gasteiger partial charge in [0.05, 0.1) is 22.6 Å². The van der Waals surface area contributed by atoms with Gasteiger partial charge in [-0.05, 0) is 43.5 Å². The highest BCUT2D eigenvalue weighted by molar-refractivity contribution is 6.02. The van der Waals surface area contributed by atoms with Gasteiger partial charge in [-0.15, -0.1) is 0 Å². The van der Waals surface area contributed by atoms with Gasteiger partial charge in [0, 0.05) is 48.2 Å². The van der Waals surface area contributed by atoms with Crippen molar-refractivity contribution >= 4 is 34.6 Å². The van der Waals surface area contributed by atoms with Crippen LogP contribution >= 0.6 is 0 Å². The fourth-order valence-corrected chi connectivity index (χ4v) is 3.30. The molecule has 0 fully saturated rings. The Bertz CT molecular complexity index is 1340. The number of aromatic amines is 1. The van der Waals surface area contributed by atoms with Crippen LogP contribution < -0.4 is 5.32 Å². The van der Waals surface area contributed by atoms with Crippen molar-refractivity contribution in [2.24, 2.45) is 12.0 Å². The number of benzene rings is 1. The molecule has 0 unspecified atom stereocenters. The molecule has 0 saturated heterocycles. The second-order valence-electron chi connectivity index (χ2n) is 6.85. The Kier molecular flexibility index (Phi) is 4.97. The monoisotopic (exact) mass is 402 g/mol. The number of allylic oxidation sites excluding steroid dienone is 2. The first-order valence-electron chi connectivity index (χ1n) is 9.16. The Morgan fingerprint density at radius 2 is 2.20 bits per heavy atom. The Morgan fingerprint density at radius 1 is 1.37 bits per heavy atom. The van der Waals surface area contributed by atoms with E-state index in [2.05, 4.69) is 32.1 Å². The molecule has 2 N–H and O–H groups in total. The third kappa shape index (κ3) is 3.75. The summed E-state index contributed by atoms with van der Waals surface area (Å²) in [7, 11) is 1.88. The molecule has 4 aromatic rings. The van der Waals surface area contributed by atoms with Gasteiger partial charge in [0.25, 0.3) is 5.91 Å². The maximum absolute atomic E-state index is 13.2. The van der Waals surface area contributed by atoms with E-state index >= 15 is 0 Å². The molecule has 0 aliphatic carbocycles. The van der Waals surface area contributed by atoms with Crippen LogP contribution in [-0.4, -0.2) is 32.4 Å². The van der Waals surface area contributed by atoms with Gasteiger partial charge in [0.15, 0.2) is 0 Å². The van der Waals surface area contributed by atoms with Crippen LogP contribution in [0.1, 0.15) is 17.3 Å². The molecule has 3 heterocycles. The minimum Gasteiger partial charge on any atom is -0.346 e.